The third-order valence-corrected chi connectivity index (χ3v) is 3.18. The molecule has 0 aliphatic heterocycles. The lowest BCUT2D eigenvalue weighted by Crippen LogP contribution is -2.41. The third kappa shape index (κ3) is 3.13. The molecule has 0 saturated heterocycles. The molecule has 0 spiro atoms. The van der Waals surface area contributed by atoms with E-state index in [-0.39, 0.29) is 12.1 Å². The number of hydrogen-bond donors (Lipinski definition) is 1. The summed E-state index contributed by atoms with van der Waals surface area (Å²) < 4.78 is 11.5. The van der Waals surface area contributed by atoms with Crippen molar-refractivity contribution in [2.24, 2.45) is 5.73 Å². The first-order valence-corrected chi connectivity index (χ1v) is 6.45. The summed E-state index contributed by atoms with van der Waals surface area (Å²) in [5.41, 5.74) is 6.09. The molecule has 3 heteroatoms. The molecule has 17 heavy (non-hydrogen) atoms. The molecular formula is C14H21NO2. The zero-order valence-corrected chi connectivity index (χ0v) is 10.4. The summed E-state index contributed by atoms with van der Waals surface area (Å²) in [7, 11) is 0. The van der Waals surface area contributed by atoms with Gasteiger partial charge in [0.25, 0.3) is 0 Å². The molecule has 2 atom stereocenters. The van der Waals surface area contributed by atoms with Gasteiger partial charge in [-0.25, -0.2) is 0 Å². The molecule has 1 aliphatic carbocycles. The highest BCUT2D eigenvalue weighted by Gasteiger charge is 2.24. The highest BCUT2D eigenvalue weighted by molar-refractivity contribution is 5.39. The lowest BCUT2D eigenvalue weighted by Gasteiger charge is -2.29. The molecule has 0 aromatic heterocycles. The fourth-order valence-corrected chi connectivity index (χ4v) is 2.26. The molecule has 1 aliphatic rings. The van der Waals surface area contributed by atoms with Crippen LogP contribution in [-0.2, 0) is 0 Å². The Morgan fingerprint density at radius 2 is 1.88 bits per heavy atom. The number of hydrogen-bond acceptors (Lipinski definition) is 3. The van der Waals surface area contributed by atoms with Gasteiger partial charge in [-0.3, -0.25) is 0 Å². The zero-order valence-electron chi connectivity index (χ0n) is 10.4. The maximum atomic E-state index is 6.09. The molecule has 2 unspecified atom stereocenters. The maximum absolute atomic E-state index is 6.09. The number of nitrogens with two attached hydrogens (primary N) is 1. The standard InChI is InChI=1S/C14H21NO2/c1-2-16-13-9-5-6-10-14(13)17-12-8-4-3-7-11(12)15/h5-6,9-12H,2-4,7-8,15H2,1H3. The van der Waals surface area contributed by atoms with E-state index in [0.29, 0.717) is 6.61 Å². The lowest BCUT2D eigenvalue weighted by molar-refractivity contribution is 0.126. The topological polar surface area (TPSA) is 44.5 Å². The summed E-state index contributed by atoms with van der Waals surface area (Å²) in [6.45, 7) is 2.63. The highest BCUT2D eigenvalue weighted by atomic mass is 16.5. The molecule has 0 amide bonds. The van der Waals surface area contributed by atoms with E-state index in [0.717, 1.165) is 24.3 Å². The van der Waals surface area contributed by atoms with Crippen LogP contribution >= 0.6 is 0 Å². The first kappa shape index (κ1) is 12.2. The van der Waals surface area contributed by atoms with Crippen molar-refractivity contribution in [2.75, 3.05) is 6.61 Å². The highest BCUT2D eigenvalue weighted by Crippen LogP contribution is 2.30. The first-order chi connectivity index (χ1) is 8.31. The zero-order chi connectivity index (χ0) is 12.1. The maximum Gasteiger partial charge on any atom is 0.161 e. The predicted octanol–water partition coefficient (Wildman–Crippen LogP) is 2.73. The monoisotopic (exact) mass is 235 g/mol. The van der Waals surface area contributed by atoms with Crippen LogP contribution in [0.15, 0.2) is 24.3 Å². The third-order valence-electron chi connectivity index (χ3n) is 3.18. The number of benzene rings is 1. The van der Waals surface area contributed by atoms with Crippen LogP contribution in [0.25, 0.3) is 0 Å². The van der Waals surface area contributed by atoms with Crippen LogP contribution in [0.2, 0.25) is 0 Å². The molecule has 0 radical (unpaired) electrons. The van der Waals surface area contributed by atoms with E-state index in [4.69, 9.17) is 15.2 Å². The van der Waals surface area contributed by atoms with Crippen molar-refractivity contribution in [1.82, 2.24) is 0 Å². The Morgan fingerprint density at radius 3 is 2.59 bits per heavy atom. The molecule has 0 heterocycles. The van der Waals surface area contributed by atoms with E-state index in [1.54, 1.807) is 0 Å². The fraction of sp³-hybridized carbons (Fsp3) is 0.571. The van der Waals surface area contributed by atoms with Crippen LogP contribution in [-0.4, -0.2) is 18.8 Å². The quantitative estimate of drug-likeness (QED) is 0.872. The van der Waals surface area contributed by atoms with Crippen molar-refractivity contribution in [1.29, 1.82) is 0 Å². The second-order valence-electron chi connectivity index (χ2n) is 4.48. The van der Waals surface area contributed by atoms with Crippen molar-refractivity contribution < 1.29 is 9.47 Å². The van der Waals surface area contributed by atoms with Crippen molar-refractivity contribution >= 4 is 0 Å². The summed E-state index contributed by atoms with van der Waals surface area (Å²) in [6.07, 6.45) is 4.65. The smallest absolute Gasteiger partial charge is 0.161 e. The second-order valence-corrected chi connectivity index (χ2v) is 4.48. The van der Waals surface area contributed by atoms with Crippen molar-refractivity contribution in [2.45, 2.75) is 44.8 Å². The SMILES string of the molecule is CCOc1ccccc1OC1CCCCC1N. The van der Waals surface area contributed by atoms with Crippen LogP contribution in [0, 0.1) is 0 Å². The Labute approximate surface area is 103 Å². The van der Waals surface area contributed by atoms with Gasteiger partial charge in [0.05, 0.1) is 6.61 Å². The van der Waals surface area contributed by atoms with Gasteiger partial charge in [0.15, 0.2) is 11.5 Å². The summed E-state index contributed by atoms with van der Waals surface area (Å²) >= 11 is 0. The molecule has 1 aromatic rings. The molecule has 1 aromatic carbocycles. The number of para-hydroxylation sites is 2. The molecular weight excluding hydrogens is 214 g/mol. The van der Waals surface area contributed by atoms with Crippen LogP contribution < -0.4 is 15.2 Å². The molecule has 2 N–H and O–H groups in total. The Morgan fingerprint density at radius 1 is 1.18 bits per heavy atom. The number of ether oxygens (including phenoxy) is 2. The summed E-state index contributed by atoms with van der Waals surface area (Å²) in [5.74, 6) is 1.63. The van der Waals surface area contributed by atoms with E-state index in [1.807, 2.05) is 31.2 Å². The Kier molecular flexibility index (Phi) is 4.26. The van der Waals surface area contributed by atoms with Crippen LogP contribution in [0.3, 0.4) is 0 Å². The van der Waals surface area contributed by atoms with Gasteiger partial charge >= 0.3 is 0 Å². The van der Waals surface area contributed by atoms with Gasteiger partial charge in [0, 0.05) is 6.04 Å². The Bertz CT molecular complexity index is 354. The van der Waals surface area contributed by atoms with Gasteiger partial charge in [-0.05, 0) is 38.3 Å². The summed E-state index contributed by atoms with van der Waals surface area (Å²) in [4.78, 5) is 0. The van der Waals surface area contributed by atoms with Gasteiger partial charge < -0.3 is 15.2 Å². The minimum atomic E-state index is 0.130. The molecule has 2 rings (SSSR count). The van der Waals surface area contributed by atoms with E-state index in [9.17, 15) is 0 Å². The summed E-state index contributed by atoms with van der Waals surface area (Å²) in [6, 6.07) is 7.96. The van der Waals surface area contributed by atoms with Crippen LogP contribution in [0.5, 0.6) is 11.5 Å². The van der Waals surface area contributed by atoms with Crippen molar-refractivity contribution in [3.63, 3.8) is 0 Å². The first-order valence-electron chi connectivity index (χ1n) is 6.45. The molecule has 1 saturated carbocycles. The normalized spacial score (nSPS) is 24.4. The molecule has 0 bridgehead atoms. The average Bonchev–Trinajstić information content (AvgIpc) is 2.35. The van der Waals surface area contributed by atoms with Gasteiger partial charge in [-0.2, -0.15) is 0 Å². The van der Waals surface area contributed by atoms with Gasteiger partial charge in [-0.15, -0.1) is 0 Å². The average molecular weight is 235 g/mol. The van der Waals surface area contributed by atoms with Crippen molar-refractivity contribution in [3.8, 4) is 11.5 Å². The summed E-state index contributed by atoms with van der Waals surface area (Å²) in [5, 5.41) is 0. The molecule has 1 fully saturated rings. The molecule has 94 valence electrons. The Balaban J connectivity index is 2.06. The number of rotatable bonds is 4. The largest absolute Gasteiger partial charge is 0.490 e. The van der Waals surface area contributed by atoms with Gasteiger partial charge in [0.2, 0.25) is 0 Å². The second kappa shape index (κ2) is 5.92. The van der Waals surface area contributed by atoms with Crippen molar-refractivity contribution in [3.05, 3.63) is 24.3 Å². The predicted molar refractivity (Wildman–Crippen MR) is 68.5 cm³/mol. The van der Waals surface area contributed by atoms with E-state index >= 15 is 0 Å². The van der Waals surface area contributed by atoms with Gasteiger partial charge in [0.1, 0.15) is 6.10 Å². The van der Waals surface area contributed by atoms with E-state index in [1.165, 1.54) is 12.8 Å². The molecule has 3 nitrogen and oxygen atoms in total. The minimum Gasteiger partial charge on any atom is -0.490 e. The van der Waals surface area contributed by atoms with Crippen LogP contribution in [0.1, 0.15) is 32.6 Å². The fourth-order valence-electron chi connectivity index (χ4n) is 2.26. The van der Waals surface area contributed by atoms with E-state index < -0.39 is 0 Å². The van der Waals surface area contributed by atoms with Crippen LogP contribution in [0.4, 0.5) is 0 Å². The van der Waals surface area contributed by atoms with Gasteiger partial charge in [-0.1, -0.05) is 18.6 Å². The van der Waals surface area contributed by atoms with E-state index in [2.05, 4.69) is 0 Å². The lowest BCUT2D eigenvalue weighted by atomic mass is 9.93. The minimum absolute atomic E-state index is 0.130. The Hall–Kier alpha value is -1.22.